The van der Waals surface area contributed by atoms with Gasteiger partial charge in [0.25, 0.3) is 0 Å². The molecule has 1 atom stereocenters. The maximum atomic E-state index is 12.3. The lowest BCUT2D eigenvalue weighted by atomic mass is 9.67. The lowest BCUT2D eigenvalue weighted by Crippen LogP contribution is -2.47. The lowest BCUT2D eigenvalue weighted by molar-refractivity contribution is -0.123. The molecule has 0 aromatic rings. The van der Waals surface area contributed by atoms with Gasteiger partial charge in [0.15, 0.2) is 0 Å². The van der Waals surface area contributed by atoms with Crippen molar-refractivity contribution in [1.29, 1.82) is 0 Å². The smallest absolute Gasteiger partial charge is 0.220 e. The van der Waals surface area contributed by atoms with Crippen LogP contribution in [0.4, 0.5) is 0 Å². The molecule has 0 aliphatic carbocycles. The highest BCUT2D eigenvalue weighted by Gasteiger charge is 2.35. The highest BCUT2D eigenvalue weighted by molar-refractivity contribution is 5.76. The Kier molecular flexibility index (Phi) is 14.2. The third-order valence-corrected chi connectivity index (χ3v) is 6.14. The monoisotopic (exact) mass is 395 g/mol. The first kappa shape index (κ1) is 27.5. The van der Waals surface area contributed by atoms with Gasteiger partial charge in [0.1, 0.15) is 0 Å². The summed E-state index contributed by atoms with van der Waals surface area (Å²) >= 11 is 0. The van der Waals surface area contributed by atoms with Gasteiger partial charge in [-0.15, -0.1) is 0 Å². The van der Waals surface area contributed by atoms with Crippen molar-refractivity contribution in [3.05, 3.63) is 0 Å². The van der Waals surface area contributed by atoms with Gasteiger partial charge in [-0.05, 0) is 50.4 Å². The Balaban J connectivity index is 4.84. The lowest BCUT2D eigenvalue weighted by Gasteiger charge is -2.41. The van der Waals surface area contributed by atoms with Crippen molar-refractivity contribution < 1.29 is 4.79 Å². The standard InChI is InChI=1S/C26H53NO/c1-9-11-13-15-17-19-23(18-16-14-12-10-2)25(5,6)21-26(7,8)27-24(28)20-22(3)4/h22-23H,9-21H2,1-8H3,(H,27,28). The Bertz CT molecular complexity index is 397. The maximum absolute atomic E-state index is 12.3. The van der Waals surface area contributed by atoms with E-state index in [-0.39, 0.29) is 16.9 Å². The topological polar surface area (TPSA) is 29.1 Å². The zero-order valence-corrected chi connectivity index (χ0v) is 20.8. The molecule has 168 valence electrons. The number of unbranched alkanes of at least 4 members (excludes halogenated alkanes) is 7. The van der Waals surface area contributed by atoms with Gasteiger partial charge in [0, 0.05) is 12.0 Å². The van der Waals surface area contributed by atoms with Crippen LogP contribution in [0.5, 0.6) is 0 Å². The fourth-order valence-corrected chi connectivity index (χ4v) is 4.86. The second-order valence-corrected chi connectivity index (χ2v) is 10.9. The molecule has 1 amide bonds. The van der Waals surface area contributed by atoms with E-state index < -0.39 is 0 Å². The van der Waals surface area contributed by atoms with E-state index >= 15 is 0 Å². The van der Waals surface area contributed by atoms with Crippen molar-refractivity contribution in [3.63, 3.8) is 0 Å². The third-order valence-electron chi connectivity index (χ3n) is 6.14. The van der Waals surface area contributed by atoms with Crippen LogP contribution < -0.4 is 5.32 Å². The molecule has 0 aromatic carbocycles. The zero-order valence-electron chi connectivity index (χ0n) is 20.8. The fraction of sp³-hybridized carbons (Fsp3) is 0.962. The molecular formula is C26H53NO. The Morgan fingerprint density at radius 3 is 1.71 bits per heavy atom. The second kappa shape index (κ2) is 14.5. The minimum absolute atomic E-state index is 0.140. The van der Waals surface area contributed by atoms with Gasteiger partial charge in [0.05, 0.1) is 0 Å². The van der Waals surface area contributed by atoms with Gasteiger partial charge in [-0.3, -0.25) is 4.79 Å². The molecule has 1 unspecified atom stereocenters. The van der Waals surface area contributed by atoms with Crippen molar-refractivity contribution in [1.82, 2.24) is 5.32 Å². The highest BCUT2D eigenvalue weighted by atomic mass is 16.1. The number of hydrogen-bond acceptors (Lipinski definition) is 1. The van der Waals surface area contributed by atoms with Gasteiger partial charge in [0.2, 0.25) is 5.91 Å². The van der Waals surface area contributed by atoms with E-state index in [0.29, 0.717) is 12.3 Å². The predicted molar refractivity (Wildman–Crippen MR) is 126 cm³/mol. The summed E-state index contributed by atoms with van der Waals surface area (Å²) < 4.78 is 0. The van der Waals surface area contributed by atoms with Crippen LogP contribution in [0.3, 0.4) is 0 Å². The predicted octanol–water partition coefficient (Wildman–Crippen LogP) is 8.29. The number of carbonyl (C=O) groups excluding carboxylic acids is 1. The van der Waals surface area contributed by atoms with E-state index in [1.54, 1.807) is 0 Å². The fourth-order valence-electron chi connectivity index (χ4n) is 4.86. The van der Waals surface area contributed by atoms with Crippen molar-refractivity contribution in [2.24, 2.45) is 17.3 Å². The summed E-state index contributed by atoms with van der Waals surface area (Å²) in [6.45, 7) is 18.1. The van der Waals surface area contributed by atoms with E-state index in [1.807, 2.05) is 0 Å². The van der Waals surface area contributed by atoms with Crippen LogP contribution in [-0.4, -0.2) is 11.4 Å². The second-order valence-electron chi connectivity index (χ2n) is 10.9. The first-order valence-corrected chi connectivity index (χ1v) is 12.3. The molecular weight excluding hydrogens is 342 g/mol. The molecule has 0 aromatic heterocycles. The van der Waals surface area contributed by atoms with Gasteiger partial charge in [-0.25, -0.2) is 0 Å². The molecule has 0 spiro atoms. The molecule has 0 aliphatic rings. The quantitative estimate of drug-likeness (QED) is 0.246. The van der Waals surface area contributed by atoms with Crippen LogP contribution in [0.25, 0.3) is 0 Å². The minimum atomic E-state index is -0.140. The van der Waals surface area contributed by atoms with Crippen LogP contribution in [0.15, 0.2) is 0 Å². The summed E-state index contributed by atoms with van der Waals surface area (Å²) in [6.07, 6.45) is 16.6. The highest BCUT2D eigenvalue weighted by Crippen LogP contribution is 2.41. The molecule has 0 aliphatic heterocycles. The molecule has 28 heavy (non-hydrogen) atoms. The first-order chi connectivity index (χ1) is 13.0. The summed E-state index contributed by atoms with van der Waals surface area (Å²) in [7, 11) is 0. The summed E-state index contributed by atoms with van der Waals surface area (Å²) in [5, 5.41) is 3.32. The molecule has 1 N–H and O–H groups in total. The Hall–Kier alpha value is -0.530. The van der Waals surface area contributed by atoms with Crippen molar-refractivity contribution >= 4 is 5.91 Å². The minimum Gasteiger partial charge on any atom is -0.351 e. The van der Waals surface area contributed by atoms with E-state index in [1.165, 1.54) is 70.6 Å². The Labute approximate surface area is 178 Å². The Morgan fingerprint density at radius 1 is 0.786 bits per heavy atom. The van der Waals surface area contributed by atoms with E-state index in [2.05, 4.69) is 60.7 Å². The molecule has 0 saturated carbocycles. The average Bonchev–Trinajstić information content (AvgIpc) is 2.53. The molecule has 0 heterocycles. The normalized spacial score (nSPS) is 13.8. The van der Waals surface area contributed by atoms with Gasteiger partial charge < -0.3 is 5.32 Å². The number of rotatable bonds is 17. The molecule has 2 heteroatoms. The SMILES string of the molecule is CCCCCCCC(CCCCCC)C(C)(C)CC(C)(C)NC(=O)CC(C)C. The molecule has 2 nitrogen and oxygen atoms in total. The van der Waals surface area contributed by atoms with Gasteiger partial charge >= 0.3 is 0 Å². The van der Waals surface area contributed by atoms with Crippen molar-refractivity contribution in [3.8, 4) is 0 Å². The average molecular weight is 396 g/mol. The molecule has 0 rings (SSSR count). The van der Waals surface area contributed by atoms with Crippen LogP contribution in [-0.2, 0) is 4.79 Å². The summed E-state index contributed by atoms with van der Waals surface area (Å²) in [4.78, 5) is 12.3. The van der Waals surface area contributed by atoms with Gasteiger partial charge in [-0.2, -0.15) is 0 Å². The zero-order chi connectivity index (χ0) is 21.6. The van der Waals surface area contributed by atoms with Crippen molar-refractivity contribution in [2.45, 2.75) is 144 Å². The van der Waals surface area contributed by atoms with E-state index in [0.717, 1.165) is 12.3 Å². The number of nitrogens with one attached hydrogen (secondary N) is 1. The van der Waals surface area contributed by atoms with Crippen LogP contribution in [0.1, 0.15) is 139 Å². The van der Waals surface area contributed by atoms with E-state index in [9.17, 15) is 4.79 Å². The molecule has 0 saturated heterocycles. The molecule has 0 bridgehead atoms. The molecule has 0 fully saturated rings. The van der Waals surface area contributed by atoms with Crippen molar-refractivity contribution in [2.75, 3.05) is 0 Å². The third kappa shape index (κ3) is 13.6. The first-order valence-electron chi connectivity index (χ1n) is 12.3. The summed E-state index contributed by atoms with van der Waals surface area (Å²) in [5.74, 6) is 1.38. The number of amides is 1. The van der Waals surface area contributed by atoms with E-state index in [4.69, 9.17) is 0 Å². The Morgan fingerprint density at radius 2 is 1.25 bits per heavy atom. The maximum Gasteiger partial charge on any atom is 0.220 e. The van der Waals surface area contributed by atoms with Gasteiger partial charge in [-0.1, -0.05) is 99.3 Å². The summed E-state index contributed by atoms with van der Waals surface area (Å²) in [6, 6.07) is 0. The largest absolute Gasteiger partial charge is 0.351 e. The number of hydrogen-bond donors (Lipinski definition) is 1. The van der Waals surface area contributed by atoms with Crippen LogP contribution in [0.2, 0.25) is 0 Å². The van der Waals surface area contributed by atoms with Crippen LogP contribution >= 0.6 is 0 Å². The summed E-state index contributed by atoms with van der Waals surface area (Å²) in [5.41, 5.74) is 0.116. The van der Waals surface area contributed by atoms with Crippen LogP contribution in [0, 0.1) is 17.3 Å². The number of carbonyl (C=O) groups is 1. The molecule has 0 radical (unpaired) electrons.